The summed E-state index contributed by atoms with van der Waals surface area (Å²) >= 11 is 18.3. The number of aromatic nitrogens is 2. The lowest BCUT2D eigenvalue weighted by Gasteiger charge is -2.17. The average Bonchev–Trinajstić information content (AvgIpc) is 3.17. The first-order chi connectivity index (χ1) is 15.5. The molecule has 3 N–H and O–H groups in total. The maximum absolute atomic E-state index is 13.1. The molecule has 0 spiro atoms. The number of hydrogen-bond acceptors (Lipinski definition) is 5. The Morgan fingerprint density at radius 2 is 1.94 bits per heavy atom. The summed E-state index contributed by atoms with van der Waals surface area (Å²) < 4.78 is 43.4. The van der Waals surface area contributed by atoms with E-state index in [9.17, 15) is 22.8 Å². The molecule has 0 radical (unpaired) electrons. The fraction of sp³-hybridized carbons (Fsp3) is 0.211. The van der Waals surface area contributed by atoms with Crippen molar-refractivity contribution in [2.24, 2.45) is 0 Å². The number of carbonyl (C=O) groups excluding carboxylic acids is 2. The Morgan fingerprint density at radius 1 is 1.21 bits per heavy atom. The zero-order valence-electron chi connectivity index (χ0n) is 16.7. The number of anilines is 1. The maximum atomic E-state index is 13.1. The number of hydrogen-bond donors (Lipinski definition) is 3. The first kappa shape index (κ1) is 24.7. The van der Waals surface area contributed by atoms with Crippen LogP contribution in [-0.2, 0) is 0 Å². The molecule has 2 aromatic rings. The van der Waals surface area contributed by atoms with Gasteiger partial charge in [0.15, 0.2) is 6.61 Å². The molecule has 0 bridgehead atoms. The molecule has 0 unspecified atom stereocenters. The van der Waals surface area contributed by atoms with Crippen LogP contribution < -0.4 is 20.7 Å². The predicted octanol–water partition coefficient (Wildman–Crippen LogP) is 4.27. The molecule has 33 heavy (non-hydrogen) atoms. The van der Waals surface area contributed by atoms with Crippen molar-refractivity contribution in [2.45, 2.75) is 6.18 Å². The second kappa shape index (κ2) is 9.94. The van der Waals surface area contributed by atoms with Crippen LogP contribution in [0, 0.1) is 0 Å². The van der Waals surface area contributed by atoms with E-state index in [-0.39, 0.29) is 37.8 Å². The summed E-state index contributed by atoms with van der Waals surface area (Å²) in [6, 6.07) is 3.61. The van der Waals surface area contributed by atoms with Crippen LogP contribution in [0.1, 0.15) is 20.8 Å². The van der Waals surface area contributed by atoms with Gasteiger partial charge in [0.1, 0.15) is 11.5 Å². The monoisotopic (exact) mass is 523 g/mol. The number of halogens is 6. The predicted molar refractivity (Wildman–Crippen MR) is 118 cm³/mol. The van der Waals surface area contributed by atoms with Gasteiger partial charge >= 0.3 is 6.18 Å². The van der Waals surface area contributed by atoms with Gasteiger partial charge in [0, 0.05) is 24.7 Å². The first-order valence-corrected chi connectivity index (χ1v) is 10.3. The van der Waals surface area contributed by atoms with Gasteiger partial charge in [-0.05, 0) is 18.2 Å². The highest BCUT2D eigenvalue weighted by Crippen LogP contribution is 2.31. The van der Waals surface area contributed by atoms with Crippen LogP contribution in [0.2, 0.25) is 10.0 Å². The van der Waals surface area contributed by atoms with E-state index >= 15 is 0 Å². The summed E-state index contributed by atoms with van der Waals surface area (Å²) in [4.78, 5) is 25.3. The zero-order chi connectivity index (χ0) is 24.3. The number of benzene rings is 1. The van der Waals surface area contributed by atoms with Gasteiger partial charge in [-0.15, -0.1) is 5.10 Å². The number of nitrogens with zero attached hydrogens (tertiary/aromatic N) is 2. The van der Waals surface area contributed by atoms with Crippen molar-refractivity contribution >= 4 is 58.1 Å². The van der Waals surface area contributed by atoms with Crippen molar-refractivity contribution < 1.29 is 27.5 Å². The molecule has 2 amide bonds. The van der Waals surface area contributed by atoms with E-state index in [1.807, 2.05) is 0 Å². The second-order valence-corrected chi connectivity index (χ2v) is 7.76. The van der Waals surface area contributed by atoms with Crippen LogP contribution in [0.25, 0.3) is 5.82 Å². The van der Waals surface area contributed by atoms with Crippen molar-refractivity contribution in [1.29, 1.82) is 0 Å². The van der Waals surface area contributed by atoms with Gasteiger partial charge in [0.2, 0.25) is 5.88 Å². The lowest BCUT2D eigenvalue weighted by Crippen LogP contribution is -2.27. The molecule has 8 nitrogen and oxygen atoms in total. The van der Waals surface area contributed by atoms with Gasteiger partial charge in [-0.25, -0.2) is 4.68 Å². The molecule has 0 saturated heterocycles. The van der Waals surface area contributed by atoms with Crippen molar-refractivity contribution in [1.82, 2.24) is 20.4 Å². The third-order valence-electron chi connectivity index (χ3n) is 4.16. The third-order valence-corrected chi connectivity index (χ3v) is 4.98. The van der Waals surface area contributed by atoms with Gasteiger partial charge in [-0.1, -0.05) is 40.9 Å². The maximum Gasteiger partial charge on any atom is 0.422 e. The summed E-state index contributed by atoms with van der Waals surface area (Å²) in [6.07, 6.45) is -1.39. The minimum atomic E-state index is -4.62. The van der Waals surface area contributed by atoms with Crippen LogP contribution in [0.3, 0.4) is 0 Å². The van der Waals surface area contributed by atoms with Crippen molar-refractivity contribution in [2.75, 3.05) is 25.5 Å². The molecule has 176 valence electrons. The third kappa shape index (κ3) is 5.92. The molecule has 1 aromatic heterocycles. The van der Waals surface area contributed by atoms with Crippen molar-refractivity contribution in [3.05, 3.63) is 56.7 Å². The molecular weight excluding hydrogens is 510 g/mol. The molecule has 1 aliphatic heterocycles. The smallest absolute Gasteiger partial charge is 0.422 e. The van der Waals surface area contributed by atoms with E-state index in [1.54, 1.807) is 6.08 Å². The Balaban J connectivity index is 2.03. The molecule has 0 aliphatic carbocycles. The van der Waals surface area contributed by atoms with Crippen LogP contribution in [0.4, 0.5) is 18.9 Å². The lowest BCUT2D eigenvalue weighted by molar-refractivity contribution is -0.154. The average molecular weight is 525 g/mol. The summed E-state index contributed by atoms with van der Waals surface area (Å²) in [5.41, 5.74) is -0.330. The number of nitrogens with one attached hydrogen (secondary N) is 3. The molecule has 1 aliphatic rings. The first-order valence-electron chi connectivity index (χ1n) is 9.13. The van der Waals surface area contributed by atoms with Crippen LogP contribution in [-0.4, -0.2) is 48.0 Å². The summed E-state index contributed by atoms with van der Waals surface area (Å²) in [5, 5.41) is 11.9. The summed E-state index contributed by atoms with van der Waals surface area (Å²) in [5.74, 6) is -1.77. The summed E-state index contributed by atoms with van der Waals surface area (Å²) in [7, 11) is 1.37. The Hall–Kier alpha value is -2.89. The molecule has 1 aromatic carbocycles. The number of allylic oxidation sites excluding steroid dienone is 2. The lowest BCUT2D eigenvalue weighted by atomic mass is 10.1. The topological polar surface area (TPSA) is 97.3 Å². The fourth-order valence-corrected chi connectivity index (χ4v) is 3.54. The minimum Gasteiger partial charge on any atom is -0.467 e. The molecule has 3 rings (SSSR count). The molecule has 2 heterocycles. The standard InChI is InChI=1S/C19H15Cl3F3N5O3/c1-26-17(31)10-5-9(20)6-12(22)15(10)28-18(32)13-7-14(33-8-19(23,24)25)29-30(13)16-11(21)3-2-4-27-16/h2-3,5-7,27H,4,8H2,1H3,(H,26,31)(H,28,32). The number of rotatable bonds is 6. The van der Waals surface area contributed by atoms with Crippen molar-refractivity contribution in [3.8, 4) is 5.88 Å². The largest absolute Gasteiger partial charge is 0.467 e. The van der Waals surface area contributed by atoms with Gasteiger partial charge < -0.3 is 20.7 Å². The summed E-state index contributed by atoms with van der Waals surface area (Å²) in [6.45, 7) is -1.29. The van der Waals surface area contributed by atoms with E-state index in [4.69, 9.17) is 34.8 Å². The van der Waals surface area contributed by atoms with E-state index in [0.717, 1.165) is 10.7 Å². The van der Waals surface area contributed by atoms with E-state index in [1.165, 1.54) is 25.3 Å². The number of carbonyl (C=O) groups is 2. The number of alkyl halides is 3. The molecular formula is C19H15Cl3F3N5O3. The molecule has 0 fully saturated rings. The van der Waals surface area contributed by atoms with E-state index in [0.29, 0.717) is 6.54 Å². The van der Waals surface area contributed by atoms with E-state index in [2.05, 4.69) is 25.8 Å². The van der Waals surface area contributed by atoms with Crippen molar-refractivity contribution in [3.63, 3.8) is 0 Å². The highest BCUT2D eigenvalue weighted by molar-refractivity contribution is 6.38. The van der Waals surface area contributed by atoms with Crippen LogP contribution in [0.15, 0.2) is 35.4 Å². The Labute approximate surface area is 200 Å². The Morgan fingerprint density at radius 3 is 2.58 bits per heavy atom. The number of ether oxygens (including phenoxy) is 1. The van der Waals surface area contributed by atoms with E-state index < -0.39 is 30.5 Å². The molecule has 0 saturated carbocycles. The van der Waals surface area contributed by atoms with Crippen LogP contribution >= 0.6 is 34.8 Å². The Bertz CT molecular complexity index is 1160. The highest BCUT2D eigenvalue weighted by Gasteiger charge is 2.30. The minimum absolute atomic E-state index is 0.0288. The fourth-order valence-electron chi connectivity index (χ4n) is 2.77. The molecule has 0 atom stereocenters. The van der Waals surface area contributed by atoms with Gasteiger partial charge in [-0.2, -0.15) is 13.2 Å². The normalized spacial score (nSPS) is 13.5. The highest BCUT2D eigenvalue weighted by atomic mass is 35.5. The zero-order valence-corrected chi connectivity index (χ0v) is 19.0. The number of amides is 2. The Kier molecular flexibility index (Phi) is 7.45. The van der Waals surface area contributed by atoms with Gasteiger partial charge in [0.25, 0.3) is 11.8 Å². The van der Waals surface area contributed by atoms with Crippen LogP contribution in [0.5, 0.6) is 5.88 Å². The number of dihydropyridines is 1. The van der Waals surface area contributed by atoms with Gasteiger partial charge in [-0.3, -0.25) is 9.59 Å². The SMILES string of the molecule is CNC(=O)c1cc(Cl)cc(Cl)c1NC(=O)c1cc(OCC(F)(F)F)nn1C1=C(Cl)C=CCN1. The van der Waals surface area contributed by atoms with Gasteiger partial charge in [0.05, 0.1) is 21.3 Å². The second-order valence-electron chi connectivity index (χ2n) is 6.51. The quantitative estimate of drug-likeness (QED) is 0.525. The molecule has 14 heteroatoms.